The van der Waals surface area contributed by atoms with Crippen molar-refractivity contribution >= 4 is 46.6 Å². The number of halogens is 3. The van der Waals surface area contributed by atoms with Crippen LogP contribution in [-0.2, 0) is 0 Å². The predicted octanol–water partition coefficient (Wildman–Crippen LogP) is 5.99. The summed E-state index contributed by atoms with van der Waals surface area (Å²) in [7, 11) is 0. The van der Waals surface area contributed by atoms with Crippen molar-refractivity contribution in [1.29, 1.82) is 0 Å². The van der Waals surface area contributed by atoms with Gasteiger partial charge in [-0.15, -0.1) is 11.8 Å². The van der Waals surface area contributed by atoms with Crippen LogP contribution in [0.25, 0.3) is 5.82 Å². The van der Waals surface area contributed by atoms with Gasteiger partial charge in [0.05, 0.1) is 16.8 Å². The lowest BCUT2D eigenvalue weighted by Crippen LogP contribution is -2.11. The summed E-state index contributed by atoms with van der Waals surface area (Å²) in [5.74, 6) is 0.457. The Hall–Kier alpha value is -2.02. The molecule has 0 saturated carbocycles. The number of hydrogen-bond acceptors (Lipinski definition) is 3. The second-order valence-corrected chi connectivity index (χ2v) is 7.94. The SMILES string of the molecule is CCSc1cc(Cl)cc(NC(=O)c2cc(C)n(-c3ncc(F)cc3Cl)c2)c1. The first kappa shape index (κ1) is 19.7. The van der Waals surface area contributed by atoms with Crippen LogP contribution in [0.2, 0.25) is 10.0 Å². The third kappa shape index (κ3) is 4.64. The lowest BCUT2D eigenvalue weighted by molar-refractivity contribution is 0.102. The van der Waals surface area contributed by atoms with Gasteiger partial charge >= 0.3 is 0 Å². The third-order valence-electron chi connectivity index (χ3n) is 3.73. The maximum atomic E-state index is 13.2. The molecule has 2 heterocycles. The molecule has 27 heavy (non-hydrogen) atoms. The fraction of sp³-hybridized carbons (Fsp3) is 0.158. The Balaban J connectivity index is 1.86. The number of hydrogen-bond donors (Lipinski definition) is 1. The summed E-state index contributed by atoms with van der Waals surface area (Å²) in [5.41, 5.74) is 1.79. The normalized spacial score (nSPS) is 10.9. The predicted molar refractivity (Wildman–Crippen MR) is 109 cm³/mol. The van der Waals surface area contributed by atoms with Gasteiger partial charge in [-0.1, -0.05) is 30.1 Å². The maximum Gasteiger partial charge on any atom is 0.257 e. The molecule has 3 aromatic rings. The van der Waals surface area contributed by atoms with E-state index in [2.05, 4.69) is 10.3 Å². The number of aryl methyl sites for hydroxylation is 1. The molecule has 2 aromatic heterocycles. The molecule has 3 rings (SSSR count). The Morgan fingerprint density at radius 2 is 2.04 bits per heavy atom. The van der Waals surface area contributed by atoms with E-state index in [1.165, 1.54) is 6.07 Å². The van der Waals surface area contributed by atoms with Gasteiger partial charge in [0.15, 0.2) is 5.82 Å². The third-order valence-corrected chi connectivity index (χ3v) is 5.09. The molecule has 1 N–H and O–H groups in total. The van der Waals surface area contributed by atoms with Crippen LogP contribution in [-0.4, -0.2) is 21.2 Å². The van der Waals surface area contributed by atoms with Crippen LogP contribution in [0.1, 0.15) is 23.0 Å². The van der Waals surface area contributed by atoms with E-state index in [0.29, 0.717) is 22.1 Å². The summed E-state index contributed by atoms with van der Waals surface area (Å²) in [4.78, 5) is 17.6. The van der Waals surface area contributed by atoms with Crippen molar-refractivity contribution in [3.63, 3.8) is 0 Å². The summed E-state index contributed by atoms with van der Waals surface area (Å²) >= 11 is 13.9. The molecule has 0 atom stereocenters. The number of rotatable bonds is 5. The quantitative estimate of drug-likeness (QED) is 0.512. The van der Waals surface area contributed by atoms with E-state index < -0.39 is 5.82 Å². The first-order chi connectivity index (χ1) is 12.9. The summed E-state index contributed by atoms with van der Waals surface area (Å²) in [5, 5.41) is 3.57. The molecule has 0 spiro atoms. The maximum absolute atomic E-state index is 13.2. The molecular formula is C19H16Cl2FN3OS. The van der Waals surface area contributed by atoms with Crippen LogP contribution in [0.3, 0.4) is 0 Å². The van der Waals surface area contributed by atoms with E-state index in [4.69, 9.17) is 23.2 Å². The van der Waals surface area contributed by atoms with Crippen LogP contribution < -0.4 is 5.32 Å². The lowest BCUT2D eigenvalue weighted by Gasteiger charge is -2.08. The molecular weight excluding hydrogens is 408 g/mol. The minimum Gasteiger partial charge on any atom is -0.322 e. The van der Waals surface area contributed by atoms with Gasteiger partial charge in [0.1, 0.15) is 5.82 Å². The average molecular weight is 424 g/mol. The Bertz CT molecular complexity index is 1010. The van der Waals surface area contributed by atoms with Crippen molar-refractivity contribution in [2.45, 2.75) is 18.7 Å². The Morgan fingerprint density at radius 3 is 2.74 bits per heavy atom. The largest absolute Gasteiger partial charge is 0.322 e. The van der Waals surface area contributed by atoms with Crippen molar-refractivity contribution in [2.75, 3.05) is 11.1 Å². The average Bonchev–Trinajstić information content (AvgIpc) is 2.96. The van der Waals surface area contributed by atoms with Gasteiger partial charge < -0.3 is 9.88 Å². The molecule has 8 heteroatoms. The highest BCUT2D eigenvalue weighted by Gasteiger charge is 2.15. The van der Waals surface area contributed by atoms with E-state index in [-0.39, 0.29) is 10.9 Å². The molecule has 0 aliphatic heterocycles. The number of nitrogens with one attached hydrogen (secondary N) is 1. The van der Waals surface area contributed by atoms with E-state index in [1.54, 1.807) is 34.7 Å². The van der Waals surface area contributed by atoms with Gasteiger partial charge in [-0.25, -0.2) is 9.37 Å². The number of carbonyl (C=O) groups excluding carboxylic acids is 1. The van der Waals surface area contributed by atoms with Crippen LogP contribution in [0.15, 0.2) is 47.6 Å². The van der Waals surface area contributed by atoms with Crippen molar-refractivity contribution < 1.29 is 9.18 Å². The molecule has 0 unspecified atom stereocenters. The number of pyridine rings is 1. The number of amides is 1. The monoisotopic (exact) mass is 423 g/mol. The van der Waals surface area contributed by atoms with Gasteiger partial charge in [-0.2, -0.15) is 0 Å². The van der Waals surface area contributed by atoms with Crippen molar-refractivity contribution in [3.8, 4) is 5.82 Å². The number of aromatic nitrogens is 2. The van der Waals surface area contributed by atoms with Crippen LogP contribution >= 0.6 is 35.0 Å². The first-order valence-electron chi connectivity index (χ1n) is 8.12. The van der Waals surface area contributed by atoms with E-state index >= 15 is 0 Å². The van der Waals surface area contributed by atoms with Crippen molar-refractivity contribution in [3.05, 3.63) is 69.8 Å². The molecule has 0 aliphatic carbocycles. The Morgan fingerprint density at radius 1 is 1.26 bits per heavy atom. The fourth-order valence-electron chi connectivity index (χ4n) is 2.60. The highest BCUT2D eigenvalue weighted by Crippen LogP contribution is 2.27. The van der Waals surface area contributed by atoms with Crippen LogP contribution in [0.4, 0.5) is 10.1 Å². The zero-order chi connectivity index (χ0) is 19.6. The minimum atomic E-state index is -0.520. The zero-order valence-corrected chi connectivity index (χ0v) is 16.9. The molecule has 1 aromatic carbocycles. The fourth-order valence-corrected chi connectivity index (χ4v) is 3.90. The molecule has 140 valence electrons. The number of thioether (sulfide) groups is 1. The lowest BCUT2D eigenvalue weighted by atomic mass is 10.2. The van der Waals surface area contributed by atoms with Gasteiger partial charge in [0, 0.05) is 27.5 Å². The number of carbonyl (C=O) groups is 1. The molecule has 0 bridgehead atoms. The molecule has 4 nitrogen and oxygen atoms in total. The minimum absolute atomic E-state index is 0.164. The summed E-state index contributed by atoms with van der Waals surface area (Å²) in [6, 6.07) is 8.32. The number of nitrogens with zero attached hydrogens (tertiary/aromatic N) is 2. The van der Waals surface area contributed by atoms with Crippen LogP contribution in [0, 0.1) is 12.7 Å². The molecule has 0 saturated heterocycles. The number of benzene rings is 1. The smallest absolute Gasteiger partial charge is 0.257 e. The molecule has 1 amide bonds. The zero-order valence-electron chi connectivity index (χ0n) is 14.6. The topological polar surface area (TPSA) is 46.9 Å². The van der Waals surface area contributed by atoms with E-state index in [0.717, 1.165) is 22.5 Å². The molecule has 0 aliphatic rings. The summed E-state index contributed by atoms with van der Waals surface area (Å²) in [6.45, 7) is 3.86. The van der Waals surface area contributed by atoms with Gasteiger partial charge in [-0.05, 0) is 43.0 Å². The number of anilines is 1. The summed E-state index contributed by atoms with van der Waals surface area (Å²) in [6.07, 6.45) is 2.70. The van der Waals surface area contributed by atoms with Crippen molar-refractivity contribution in [1.82, 2.24) is 9.55 Å². The standard InChI is InChI=1S/C19H16Cl2FN3OS/c1-3-27-16-6-13(20)5-15(8-16)24-19(26)12-4-11(2)25(10-12)18-17(21)7-14(22)9-23-18/h4-10H,3H2,1-2H3,(H,24,26). The summed E-state index contributed by atoms with van der Waals surface area (Å²) < 4.78 is 14.9. The first-order valence-corrected chi connectivity index (χ1v) is 9.86. The Labute approximate surface area is 170 Å². The highest BCUT2D eigenvalue weighted by molar-refractivity contribution is 7.99. The van der Waals surface area contributed by atoms with E-state index in [9.17, 15) is 9.18 Å². The highest BCUT2D eigenvalue weighted by atomic mass is 35.5. The van der Waals surface area contributed by atoms with Gasteiger partial charge in [0.25, 0.3) is 5.91 Å². The van der Waals surface area contributed by atoms with Crippen molar-refractivity contribution in [2.24, 2.45) is 0 Å². The van der Waals surface area contributed by atoms with E-state index in [1.807, 2.05) is 26.0 Å². The van der Waals surface area contributed by atoms with Crippen LogP contribution in [0.5, 0.6) is 0 Å². The molecule has 0 radical (unpaired) electrons. The Kier molecular flexibility index (Phi) is 6.09. The van der Waals surface area contributed by atoms with Gasteiger partial charge in [-0.3, -0.25) is 4.79 Å². The molecule has 0 fully saturated rings. The van der Waals surface area contributed by atoms with Gasteiger partial charge in [0.2, 0.25) is 0 Å². The second-order valence-electron chi connectivity index (χ2n) is 5.76. The second kappa shape index (κ2) is 8.33.